The summed E-state index contributed by atoms with van der Waals surface area (Å²) in [6.07, 6.45) is 1.62. The average Bonchev–Trinajstić information content (AvgIpc) is 3.12. The monoisotopic (exact) mass is 441 g/mol. The van der Waals surface area contributed by atoms with E-state index in [1.807, 2.05) is 24.3 Å². The molecule has 1 aromatic heterocycles. The number of nitrogens with zero attached hydrogens (tertiary/aromatic N) is 2. The van der Waals surface area contributed by atoms with Crippen molar-refractivity contribution in [1.82, 2.24) is 5.43 Å². The number of furan rings is 1. The van der Waals surface area contributed by atoms with E-state index in [0.717, 1.165) is 21.2 Å². The molecule has 0 fully saturated rings. The van der Waals surface area contributed by atoms with Crippen LogP contribution in [-0.4, -0.2) is 17.0 Å². The number of hydrogen-bond acceptors (Lipinski definition) is 5. The largest absolute Gasteiger partial charge is 0.455 e. The van der Waals surface area contributed by atoms with Crippen LogP contribution in [0.3, 0.4) is 0 Å². The molecule has 0 unspecified atom stereocenters. The number of carbonyl (C=O) groups is 1. The highest BCUT2D eigenvalue weighted by Gasteiger charge is 2.12. The van der Waals surface area contributed by atoms with E-state index in [-0.39, 0.29) is 18.0 Å². The molecule has 0 radical (unpaired) electrons. The molecule has 0 spiro atoms. The Kier molecular flexibility index (Phi) is 6.00. The SMILES string of the molecule is Cc1cc([N+](=O)[O-])ccc1-c1ccc(C=NNC(=O)Cc2ccc(Br)cc2)o1. The maximum atomic E-state index is 11.9. The molecular weight excluding hydrogens is 426 g/mol. The second-order valence-corrected chi connectivity index (χ2v) is 6.97. The summed E-state index contributed by atoms with van der Waals surface area (Å²) in [5.41, 5.74) is 4.85. The maximum absolute atomic E-state index is 11.9. The third-order valence-electron chi connectivity index (χ3n) is 3.97. The Hall–Kier alpha value is -3.26. The number of hydrogen-bond donors (Lipinski definition) is 1. The fraction of sp³-hybridized carbons (Fsp3) is 0.100. The molecule has 1 amide bonds. The first-order chi connectivity index (χ1) is 13.4. The van der Waals surface area contributed by atoms with Crippen molar-refractivity contribution in [3.63, 3.8) is 0 Å². The molecule has 0 aliphatic rings. The minimum atomic E-state index is -0.437. The predicted octanol–water partition coefficient (Wildman–Crippen LogP) is 4.62. The van der Waals surface area contributed by atoms with E-state index in [2.05, 4.69) is 26.5 Å². The summed E-state index contributed by atoms with van der Waals surface area (Å²) in [4.78, 5) is 22.3. The van der Waals surface area contributed by atoms with Crippen LogP contribution in [0, 0.1) is 17.0 Å². The summed E-state index contributed by atoms with van der Waals surface area (Å²) in [6.45, 7) is 1.78. The van der Waals surface area contributed by atoms with Crippen LogP contribution in [-0.2, 0) is 11.2 Å². The van der Waals surface area contributed by atoms with Crippen molar-refractivity contribution in [3.05, 3.63) is 86.1 Å². The van der Waals surface area contributed by atoms with Crippen molar-refractivity contribution in [3.8, 4) is 11.3 Å². The van der Waals surface area contributed by atoms with Gasteiger partial charge in [-0.25, -0.2) is 5.43 Å². The topological polar surface area (TPSA) is 97.7 Å². The Morgan fingerprint density at radius 3 is 2.64 bits per heavy atom. The van der Waals surface area contributed by atoms with Gasteiger partial charge in [0, 0.05) is 22.2 Å². The van der Waals surface area contributed by atoms with Crippen LogP contribution >= 0.6 is 15.9 Å². The Balaban J connectivity index is 1.62. The van der Waals surface area contributed by atoms with Crippen molar-refractivity contribution in [2.24, 2.45) is 5.10 Å². The lowest BCUT2D eigenvalue weighted by Crippen LogP contribution is -2.19. The predicted molar refractivity (Wildman–Crippen MR) is 109 cm³/mol. The number of aryl methyl sites for hydroxylation is 1. The van der Waals surface area contributed by atoms with E-state index < -0.39 is 4.92 Å². The lowest BCUT2D eigenvalue weighted by Gasteiger charge is -2.02. The summed E-state index contributed by atoms with van der Waals surface area (Å²) in [5, 5.41) is 14.7. The van der Waals surface area contributed by atoms with Crippen LogP contribution in [0.25, 0.3) is 11.3 Å². The number of halogens is 1. The third-order valence-corrected chi connectivity index (χ3v) is 4.50. The van der Waals surface area contributed by atoms with Crippen LogP contribution in [0.15, 0.2) is 68.6 Å². The van der Waals surface area contributed by atoms with E-state index in [1.54, 1.807) is 25.1 Å². The number of non-ortho nitro benzene ring substituents is 1. The van der Waals surface area contributed by atoms with Crippen molar-refractivity contribution in [1.29, 1.82) is 0 Å². The maximum Gasteiger partial charge on any atom is 0.269 e. The highest BCUT2D eigenvalue weighted by molar-refractivity contribution is 9.10. The van der Waals surface area contributed by atoms with Crippen molar-refractivity contribution < 1.29 is 14.1 Å². The molecule has 142 valence electrons. The van der Waals surface area contributed by atoms with E-state index in [9.17, 15) is 14.9 Å². The molecule has 7 nitrogen and oxygen atoms in total. The van der Waals surface area contributed by atoms with Crippen LogP contribution < -0.4 is 5.43 Å². The summed E-state index contributed by atoms with van der Waals surface area (Å²) >= 11 is 3.35. The van der Waals surface area contributed by atoms with Gasteiger partial charge in [0.1, 0.15) is 11.5 Å². The summed E-state index contributed by atoms with van der Waals surface area (Å²) in [7, 11) is 0. The van der Waals surface area contributed by atoms with E-state index in [0.29, 0.717) is 11.5 Å². The first-order valence-electron chi connectivity index (χ1n) is 8.34. The number of hydrazone groups is 1. The summed E-state index contributed by atoms with van der Waals surface area (Å²) in [5.74, 6) is 0.781. The van der Waals surface area contributed by atoms with Gasteiger partial charge in [-0.2, -0.15) is 5.10 Å². The van der Waals surface area contributed by atoms with Crippen molar-refractivity contribution in [2.45, 2.75) is 13.3 Å². The molecule has 0 saturated carbocycles. The summed E-state index contributed by atoms with van der Waals surface area (Å²) < 4.78 is 6.64. The van der Waals surface area contributed by atoms with Crippen LogP contribution in [0.4, 0.5) is 5.69 Å². The van der Waals surface area contributed by atoms with Gasteiger partial charge in [-0.05, 0) is 48.4 Å². The number of benzene rings is 2. The van der Waals surface area contributed by atoms with Gasteiger partial charge in [-0.1, -0.05) is 28.1 Å². The lowest BCUT2D eigenvalue weighted by molar-refractivity contribution is -0.384. The zero-order valence-electron chi connectivity index (χ0n) is 14.9. The molecular formula is C20H16BrN3O4. The molecule has 1 N–H and O–H groups in total. The van der Waals surface area contributed by atoms with Gasteiger partial charge >= 0.3 is 0 Å². The molecule has 0 aliphatic carbocycles. The van der Waals surface area contributed by atoms with E-state index in [4.69, 9.17) is 4.42 Å². The molecule has 0 bridgehead atoms. The molecule has 0 atom stereocenters. The second kappa shape index (κ2) is 8.62. The molecule has 0 saturated heterocycles. The van der Waals surface area contributed by atoms with Gasteiger partial charge in [0.15, 0.2) is 0 Å². The fourth-order valence-electron chi connectivity index (χ4n) is 2.60. The minimum absolute atomic E-state index is 0.0306. The molecule has 28 heavy (non-hydrogen) atoms. The van der Waals surface area contributed by atoms with Gasteiger partial charge in [0.2, 0.25) is 5.91 Å². The number of rotatable bonds is 6. The normalized spacial score (nSPS) is 10.9. The molecule has 1 heterocycles. The molecule has 8 heteroatoms. The van der Waals surface area contributed by atoms with Crippen LogP contribution in [0.5, 0.6) is 0 Å². The highest BCUT2D eigenvalue weighted by Crippen LogP contribution is 2.28. The van der Waals surface area contributed by atoms with Gasteiger partial charge in [-0.3, -0.25) is 14.9 Å². The van der Waals surface area contributed by atoms with Crippen molar-refractivity contribution >= 4 is 33.7 Å². The van der Waals surface area contributed by atoms with Crippen LogP contribution in [0.2, 0.25) is 0 Å². The summed E-state index contributed by atoms with van der Waals surface area (Å²) in [6, 6.07) is 15.5. The van der Waals surface area contributed by atoms with Gasteiger partial charge in [0.25, 0.3) is 5.69 Å². The number of nitrogens with one attached hydrogen (secondary N) is 1. The Bertz CT molecular complexity index is 1040. The van der Waals surface area contributed by atoms with Gasteiger partial charge in [0.05, 0.1) is 17.6 Å². The zero-order valence-corrected chi connectivity index (χ0v) is 16.5. The number of nitro benzene ring substituents is 1. The van der Waals surface area contributed by atoms with Crippen molar-refractivity contribution in [2.75, 3.05) is 0 Å². The lowest BCUT2D eigenvalue weighted by atomic mass is 10.1. The zero-order chi connectivity index (χ0) is 20.1. The molecule has 0 aliphatic heterocycles. The molecule has 2 aromatic carbocycles. The first-order valence-corrected chi connectivity index (χ1v) is 9.13. The third kappa shape index (κ3) is 4.92. The quantitative estimate of drug-likeness (QED) is 0.342. The van der Waals surface area contributed by atoms with E-state index >= 15 is 0 Å². The molecule has 3 rings (SSSR count). The number of amides is 1. The fourth-order valence-corrected chi connectivity index (χ4v) is 2.86. The Labute approximate surface area is 169 Å². The van der Waals surface area contributed by atoms with Gasteiger partial charge < -0.3 is 4.42 Å². The average molecular weight is 442 g/mol. The smallest absolute Gasteiger partial charge is 0.269 e. The minimum Gasteiger partial charge on any atom is -0.455 e. The standard InChI is InChI=1S/C20H16BrN3O4/c1-13-10-16(24(26)27)6-8-18(13)19-9-7-17(28-19)12-22-23-20(25)11-14-2-4-15(21)5-3-14/h2-10,12H,11H2,1H3,(H,23,25). The van der Waals surface area contributed by atoms with E-state index in [1.165, 1.54) is 18.3 Å². The number of nitro groups is 1. The Morgan fingerprint density at radius 1 is 1.21 bits per heavy atom. The number of carbonyl (C=O) groups excluding carboxylic acids is 1. The van der Waals surface area contributed by atoms with Crippen LogP contribution in [0.1, 0.15) is 16.9 Å². The Morgan fingerprint density at radius 2 is 1.96 bits per heavy atom. The second-order valence-electron chi connectivity index (χ2n) is 6.05. The molecule has 3 aromatic rings. The highest BCUT2D eigenvalue weighted by atomic mass is 79.9. The van der Waals surface area contributed by atoms with Gasteiger partial charge in [-0.15, -0.1) is 0 Å². The first kappa shape index (κ1) is 19.5.